The predicted molar refractivity (Wildman–Crippen MR) is 106 cm³/mol. The molecule has 2 aliphatic heterocycles. The summed E-state index contributed by atoms with van der Waals surface area (Å²) in [6.45, 7) is 9.40. The van der Waals surface area contributed by atoms with Gasteiger partial charge in [-0.2, -0.15) is 0 Å². The number of hydrogen-bond acceptors (Lipinski definition) is 4. The van der Waals surface area contributed by atoms with Crippen molar-refractivity contribution >= 4 is 28.6 Å². The molecule has 3 rings (SSSR count). The zero-order chi connectivity index (χ0) is 19.4. The third-order valence-corrected chi connectivity index (χ3v) is 5.54. The molecule has 6 nitrogen and oxygen atoms in total. The van der Waals surface area contributed by atoms with E-state index < -0.39 is 5.60 Å². The fourth-order valence-electron chi connectivity index (χ4n) is 3.08. The molecule has 0 radical (unpaired) electrons. The van der Waals surface area contributed by atoms with Gasteiger partial charge < -0.3 is 9.64 Å². The van der Waals surface area contributed by atoms with Crippen molar-refractivity contribution in [1.29, 1.82) is 0 Å². The second-order valence-corrected chi connectivity index (χ2v) is 7.93. The first-order valence-corrected chi connectivity index (χ1v) is 9.96. The summed E-state index contributed by atoms with van der Waals surface area (Å²) in [5, 5.41) is 0.510. The van der Waals surface area contributed by atoms with Crippen LogP contribution in [0.1, 0.15) is 40.0 Å². The Morgan fingerprint density at radius 2 is 2.15 bits per heavy atom. The minimum absolute atomic E-state index is 0.351. The van der Waals surface area contributed by atoms with Crippen molar-refractivity contribution in [2.75, 3.05) is 26.2 Å². The number of allylic oxidation sites excluding steroid dienone is 1. The zero-order valence-electron chi connectivity index (χ0n) is 16.3. The van der Waals surface area contributed by atoms with Gasteiger partial charge in [-0.25, -0.2) is 4.79 Å². The molecule has 2 aliphatic rings. The van der Waals surface area contributed by atoms with E-state index in [-0.39, 0.29) is 6.09 Å². The predicted octanol–water partition coefficient (Wildman–Crippen LogP) is 3.94. The number of halogens is 1. The van der Waals surface area contributed by atoms with Crippen LogP contribution in [-0.4, -0.2) is 62.4 Å². The molecular weight excluding hydrogens is 364 g/mol. The molecule has 3 heterocycles. The Hall–Kier alpha value is -1.92. The monoisotopic (exact) mass is 391 g/mol. The van der Waals surface area contributed by atoms with E-state index in [2.05, 4.69) is 9.88 Å². The minimum atomic E-state index is -0.511. The molecule has 0 N–H and O–H groups in total. The smallest absolute Gasteiger partial charge is 0.415 e. The van der Waals surface area contributed by atoms with E-state index in [1.807, 2.05) is 43.7 Å². The molecule has 1 fully saturated rings. The summed E-state index contributed by atoms with van der Waals surface area (Å²) in [5.74, 6) is 0. The Morgan fingerprint density at radius 1 is 1.41 bits per heavy atom. The van der Waals surface area contributed by atoms with Crippen molar-refractivity contribution < 1.29 is 14.1 Å². The lowest BCUT2D eigenvalue weighted by atomic mass is 10.1. The van der Waals surface area contributed by atoms with Gasteiger partial charge >= 0.3 is 11.3 Å². The van der Waals surface area contributed by atoms with Crippen LogP contribution < -0.4 is 0 Å². The second-order valence-electron chi connectivity index (χ2n) is 7.57. The van der Waals surface area contributed by atoms with E-state index in [9.17, 15) is 4.79 Å². The lowest BCUT2D eigenvalue weighted by Gasteiger charge is -2.31. The number of carbonyl (C=O) groups is 1. The summed E-state index contributed by atoms with van der Waals surface area (Å²) in [6.07, 6.45) is 8.16. The first-order chi connectivity index (χ1) is 12.9. The van der Waals surface area contributed by atoms with Gasteiger partial charge in [0.1, 0.15) is 5.60 Å². The summed E-state index contributed by atoms with van der Waals surface area (Å²) in [7, 11) is 0. The molecule has 1 saturated heterocycles. The van der Waals surface area contributed by atoms with Crippen LogP contribution in [0, 0.1) is 0 Å². The maximum Gasteiger partial charge on any atom is 0.415 e. The molecule has 0 aromatic carbocycles. The van der Waals surface area contributed by atoms with Gasteiger partial charge in [-0.3, -0.25) is 9.88 Å². The third kappa shape index (κ3) is 4.68. The van der Waals surface area contributed by atoms with Crippen LogP contribution >= 0.6 is 11.6 Å². The first kappa shape index (κ1) is 19.8. The molecule has 0 aliphatic carbocycles. The Balaban J connectivity index is 1.74. The number of hydrogen-bond donors (Lipinski definition) is 0. The van der Waals surface area contributed by atoms with Gasteiger partial charge in [0.15, 0.2) is 5.70 Å². The third-order valence-electron chi connectivity index (χ3n) is 5.16. The molecule has 7 heteroatoms. The Morgan fingerprint density at radius 3 is 2.74 bits per heavy atom. The van der Waals surface area contributed by atoms with Crippen molar-refractivity contribution in [1.82, 2.24) is 14.8 Å². The van der Waals surface area contributed by atoms with Gasteiger partial charge in [-0.15, -0.1) is 4.58 Å². The minimum Gasteiger partial charge on any atom is -0.443 e. The Labute approximate surface area is 166 Å². The number of amides is 1. The number of likely N-dealkylation sites (tertiary alicyclic amines) is 1. The van der Waals surface area contributed by atoms with Crippen LogP contribution in [0.15, 0.2) is 36.4 Å². The largest absolute Gasteiger partial charge is 0.443 e. The summed E-state index contributed by atoms with van der Waals surface area (Å²) in [6, 6.07) is 3.78. The highest BCUT2D eigenvalue weighted by atomic mass is 35.5. The fraction of sp³-hybridized carbons (Fsp3) is 0.550. The van der Waals surface area contributed by atoms with Gasteiger partial charge in [-0.1, -0.05) is 6.92 Å². The van der Waals surface area contributed by atoms with Crippen molar-refractivity contribution in [3.05, 3.63) is 36.4 Å². The Bertz CT molecular complexity index is 740. The van der Waals surface area contributed by atoms with Gasteiger partial charge in [0.2, 0.25) is 11.9 Å². The standard InChI is InChI=1S/C20H28ClN4O2/c1-4-20(2,3)27-19(26)24(13-12-23-10-5-6-11-23)17-15-25(18(17)21)16-8-7-9-22-14-16/h7-9,14-15H,4-6,10-13H2,1-3H3/q+1. The average Bonchev–Trinajstić information content (AvgIpc) is 3.17. The SMILES string of the molecule is CCC(C)(C)OC(=O)N(CCN1CCCC1)C1=C[N+](c2cccnc2)=C1Cl. The van der Waals surface area contributed by atoms with E-state index in [0.717, 1.165) is 31.7 Å². The molecule has 0 bridgehead atoms. The fourth-order valence-corrected chi connectivity index (χ4v) is 3.37. The average molecular weight is 392 g/mol. The number of pyridine rings is 1. The molecule has 146 valence electrons. The highest BCUT2D eigenvalue weighted by Crippen LogP contribution is 2.27. The summed E-state index contributed by atoms with van der Waals surface area (Å²) < 4.78 is 7.56. The zero-order valence-corrected chi connectivity index (χ0v) is 17.1. The van der Waals surface area contributed by atoms with E-state index in [0.29, 0.717) is 17.4 Å². The highest BCUT2D eigenvalue weighted by molar-refractivity contribution is 6.69. The maximum absolute atomic E-state index is 12.9. The summed E-state index contributed by atoms with van der Waals surface area (Å²) in [5.41, 5.74) is 1.05. The van der Waals surface area contributed by atoms with Crippen molar-refractivity contribution in [2.24, 2.45) is 0 Å². The van der Waals surface area contributed by atoms with Crippen molar-refractivity contribution in [3.8, 4) is 0 Å². The van der Waals surface area contributed by atoms with Crippen LogP contribution in [0.2, 0.25) is 0 Å². The highest BCUT2D eigenvalue weighted by Gasteiger charge is 2.39. The van der Waals surface area contributed by atoms with Gasteiger partial charge in [0, 0.05) is 25.4 Å². The maximum atomic E-state index is 12.9. The molecule has 0 saturated carbocycles. The molecule has 1 aromatic rings. The van der Waals surface area contributed by atoms with Gasteiger partial charge in [0.25, 0.3) is 0 Å². The number of carbonyl (C=O) groups excluding carboxylic acids is 1. The molecule has 0 spiro atoms. The van der Waals surface area contributed by atoms with E-state index in [4.69, 9.17) is 16.3 Å². The van der Waals surface area contributed by atoms with Crippen LogP contribution in [0.5, 0.6) is 0 Å². The van der Waals surface area contributed by atoms with Crippen LogP contribution in [-0.2, 0) is 4.74 Å². The van der Waals surface area contributed by atoms with Crippen LogP contribution in [0.25, 0.3) is 0 Å². The molecule has 0 unspecified atom stereocenters. The lowest BCUT2D eigenvalue weighted by molar-refractivity contribution is -0.373. The van der Waals surface area contributed by atoms with Crippen molar-refractivity contribution in [2.45, 2.75) is 45.6 Å². The topological polar surface area (TPSA) is 48.7 Å². The van der Waals surface area contributed by atoms with Gasteiger partial charge in [0.05, 0.1) is 6.20 Å². The Kier molecular flexibility index (Phi) is 6.17. The van der Waals surface area contributed by atoms with Crippen molar-refractivity contribution in [3.63, 3.8) is 0 Å². The second kappa shape index (κ2) is 8.40. The molecule has 1 amide bonds. The number of aromatic nitrogens is 1. The quantitative estimate of drug-likeness (QED) is 0.660. The molecule has 0 atom stereocenters. The molecule has 1 aromatic heterocycles. The number of rotatable bonds is 7. The molecule has 27 heavy (non-hydrogen) atoms. The van der Waals surface area contributed by atoms with E-state index in [1.54, 1.807) is 17.3 Å². The first-order valence-electron chi connectivity index (χ1n) is 9.58. The van der Waals surface area contributed by atoms with Crippen LogP contribution in [0.3, 0.4) is 0 Å². The molecular formula is C20H28ClN4O2+. The van der Waals surface area contributed by atoms with E-state index >= 15 is 0 Å². The summed E-state index contributed by atoms with van der Waals surface area (Å²) in [4.78, 5) is 21.0. The van der Waals surface area contributed by atoms with E-state index in [1.165, 1.54) is 12.8 Å². The number of nitrogens with zero attached hydrogens (tertiary/aromatic N) is 4. The number of ether oxygens (including phenoxy) is 1. The van der Waals surface area contributed by atoms with Gasteiger partial charge in [-0.05, 0) is 63.9 Å². The lowest BCUT2D eigenvalue weighted by Crippen LogP contribution is -2.45. The normalized spacial score (nSPS) is 17.6. The summed E-state index contributed by atoms with van der Waals surface area (Å²) >= 11 is 6.54. The van der Waals surface area contributed by atoms with Crippen LogP contribution in [0.4, 0.5) is 10.5 Å².